The van der Waals surface area contributed by atoms with Gasteiger partial charge in [-0.15, -0.1) is 0 Å². The van der Waals surface area contributed by atoms with Crippen molar-refractivity contribution in [2.24, 2.45) is 0 Å². The molecule has 0 aliphatic carbocycles. The van der Waals surface area contributed by atoms with E-state index in [0.29, 0.717) is 11.5 Å². The molecule has 1 aromatic heterocycles. The molecule has 0 radical (unpaired) electrons. The molecule has 80 valence electrons. The lowest BCUT2D eigenvalue weighted by molar-refractivity contribution is 0.108. The Kier molecular flexibility index (Phi) is 3.12. The fraction of sp³-hybridized carbons (Fsp3) is 0. The van der Waals surface area contributed by atoms with E-state index in [0.717, 1.165) is 5.69 Å². The SMILES string of the molecule is O=C(Cl)c1ccc(Nc2ncccn2)cc1. The zero-order valence-corrected chi connectivity index (χ0v) is 8.98. The van der Waals surface area contributed by atoms with E-state index < -0.39 is 5.24 Å². The number of nitrogens with one attached hydrogen (secondary N) is 1. The van der Waals surface area contributed by atoms with Crippen LogP contribution in [0.3, 0.4) is 0 Å². The Morgan fingerprint density at radius 3 is 2.31 bits per heavy atom. The summed E-state index contributed by atoms with van der Waals surface area (Å²) in [5.41, 5.74) is 1.26. The highest BCUT2D eigenvalue weighted by molar-refractivity contribution is 6.67. The minimum Gasteiger partial charge on any atom is -0.324 e. The van der Waals surface area contributed by atoms with Crippen LogP contribution in [0.1, 0.15) is 10.4 Å². The fourth-order valence-corrected chi connectivity index (χ4v) is 1.30. The molecule has 1 N–H and O–H groups in total. The molecule has 0 spiro atoms. The average Bonchev–Trinajstić information content (AvgIpc) is 2.31. The second kappa shape index (κ2) is 4.72. The number of carbonyl (C=O) groups excluding carboxylic acids is 1. The summed E-state index contributed by atoms with van der Waals surface area (Å²) in [5.74, 6) is 0.507. The third kappa shape index (κ3) is 2.55. The molecular weight excluding hydrogens is 226 g/mol. The molecule has 0 unspecified atom stereocenters. The lowest BCUT2D eigenvalue weighted by atomic mass is 10.2. The van der Waals surface area contributed by atoms with Gasteiger partial charge in [0.2, 0.25) is 5.95 Å². The first-order valence-corrected chi connectivity index (χ1v) is 4.97. The van der Waals surface area contributed by atoms with Crippen molar-refractivity contribution in [2.45, 2.75) is 0 Å². The maximum Gasteiger partial charge on any atom is 0.252 e. The van der Waals surface area contributed by atoms with Crippen LogP contribution >= 0.6 is 11.6 Å². The predicted molar refractivity (Wildman–Crippen MR) is 61.9 cm³/mol. The number of nitrogens with zero attached hydrogens (tertiary/aromatic N) is 2. The van der Waals surface area contributed by atoms with E-state index in [4.69, 9.17) is 11.6 Å². The Morgan fingerprint density at radius 1 is 1.12 bits per heavy atom. The van der Waals surface area contributed by atoms with Crippen LogP contribution in [0, 0.1) is 0 Å². The van der Waals surface area contributed by atoms with Gasteiger partial charge in [0.1, 0.15) is 0 Å². The predicted octanol–water partition coefficient (Wildman–Crippen LogP) is 2.60. The summed E-state index contributed by atoms with van der Waals surface area (Å²) >= 11 is 5.33. The monoisotopic (exact) mass is 233 g/mol. The van der Waals surface area contributed by atoms with E-state index in [9.17, 15) is 4.79 Å². The van der Waals surface area contributed by atoms with E-state index in [-0.39, 0.29) is 0 Å². The maximum atomic E-state index is 10.8. The van der Waals surface area contributed by atoms with Crippen LogP contribution in [0.25, 0.3) is 0 Å². The molecule has 16 heavy (non-hydrogen) atoms. The second-order valence-electron chi connectivity index (χ2n) is 3.05. The molecule has 2 rings (SSSR count). The van der Waals surface area contributed by atoms with Gasteiger partial charge in [-0.1, -0.05) is 0 Å². The Bertz CT molecular complexity index is 484. The number of anilines is 2. The van der Waals surface area contributed by atoms with Crippen LogP contribution in [0.5, 0.6) is 0 Å². The largest absolute Gasteiger partial charge is 0.324 e. The Hall–Kier alpha value is -1.94. The molecule has 1 heterocycles. The first-order valence-electron chi connectivity index (χ1n) is 4.59. The molecule has 0 saturated heterocycles. The molecule has 0 fully saturated rings. The van der Waals surface area contributed by atoms with E-state index in [2.05, 4.69) is 15.3 Å². The fourth-order valence-electron chi connectivity index (χ4n) is 1.18. The molecule has 0 aliphatic heterocycles. The summed E-state index contributed by atoms with van der Waals surface area (Å²) in [6, 6.07) is 8.50. The number of hydrogen-bond donors (Lipinski definition) is 1. The third-order valence-corrected chi connectivity index (χ3v) is 2.15. The zero-order valence-electron chi connectivity index (χ0n) is 8.22. The van der Waals surface area contributed by atoms with Crippen LogP contribution in [-0.2, 0) is 0 Å². The van der Waals surface area contributed by atoms with Crippen LogP contribution in [-0.4, -0.2) is 15.2 Å². The highest BCUT2D eigenvalue weighted by Gasteiger charge is 2.01. The van der Waals surface area contributed by atoms with Crippen LogP contribution in [0.4, 0.5) is 11.6 Å². The molecule has 1 aromatic carbocycles. The standard InChI is InChI=1S/C11H8ClN3O/c12-10(16)8-2-4-9(5-3-8)15-11-13-6-1-7-14-11/h1-7H,(H,13,14,15). The van der Waals surface area contributed by atoms with E-state index >= 15 is 0 Å². The van der Waals surface area contributed by atoms with Gasteiger partial charge < -0.3 is 5.32 Å². The van der Waals surface area contributed by atoms with Gasteiger partial charge in [0.15, 0.2) is 0 Å². The summed E-state index contributed by atoms with van der Waals surface area (Å²) in [6.45, 7) is 0. The third-order valence-electron chi connectivity index (χ3n) is 1.93. The minimum absolute atomic E-state index is 0.459. The highest BCUT2D eigenvalue weighted by Crippen LogP contribution is 2.14. The Balaban J connectivity index is 2.14. The van der Waals surface area contributed by atoms with Crippen LogP contribution in [0.2, 0.25) is 0 Å². The van der Waals surface area contributed by atoms with Crippen molar-refractivity contribution >= 4 is 28.5 Å². The van der Waals surface area contributed by atoms with Gasteiger partial charge in [-0.3, -0.25) is 4.79 Å². The van der Waals surface area contributed by atoms with Crippen molar-refractivity contribution in [2.75, 3.05) is 5.32 Å². The van der Waals surface area contributed by atoms with Crippen molar-refractivity contribution < 1.29 is 4.79 Å². The second-order valence-corrected chi connectivity index (χ2v) is 3.39. The highest BCUT2D eigenvalue weighted by atomic mass is 35.5. The van der Waals surface area contributed by atoms with Gasteiger partial charge in [0, 0.05) is 23.6 Å². The molecule has 0 saturated carbocycles. The molecule has 5 heteroatoms. The van der Waals surface area contributed by atoms with Gasteiger partial charge >= 0.3 is 0 Å². The van der Waals surface area contributed by atoms with Crippen molar-refractivity contribution in [3.63, 3.8) is 0 Å². The zero-order chi connectivity index (χ0) is 11.4. The molecule has 0 aliphatic rings. The van der Waals surface area contributed by atoms with Crippen molar-refractivity contribution in [1.82, 2.24) is 9.97 Å². The number of hydrogen-bond acceptors (Lipinski definition) is 4. The summed E-state index contributed by atoms with van der Waals surface area (Å²) in [6.07, 6.45) is 3.29. The summed E-state index contributed by atoms with van der Waals surface area (Å²) in [5, 5.41) is 2.52. The number of benzene rings is 1. The van der Waals surface area contributed by atoms with Gasteiger partial charge in [-0.2, -0.15) is 0 Å². The van der Waals surface area contributed by atoms with Gasteiger partial charge in [-0.05, 0) is 41.9 Å². The van der Waals surface area contributed by atoms with E-state index in [1.54, 1.807) is 42.7 Å². The van der Waals surface area contributed by atoms with E-state index in [1.165, 1.54) is 0 Å². The Morgan fingerprint density at radius 2 is 1.75 bits per heavy atom. The van der Waals surface area contributed by atoms with Crippen molar-refractivity contribution in [3.05, 3.63) is 48.3 Å². The van der Waals surface area contributed by atoms with Gasteiger partial charge in [-0.25, -0.2) is 9.97 Å². The van der Waals surface area contributed by atoms with E-state index in [1.807, 2.05) is 0 Å². The molecule has 2 aromatic rings. The first-order chi connectivity index (χ1) is 7.75. The van der Waals surface area contributed by atoms with Crippen LogP contribution in [0.15, 0.2) is 42.7 Å². The van der Waals surface area contributed by atoms with Crippen molar-refractivity contribution in [3.8, 4) is 0 Å². The minimum atomic E-state index is -0.470. The number of halogens is 1. The number of rotatable bonds is 3. The molecule has 0 amide bonds. The smallest absolute Gasteiger partial charge is 0.252 e. The van der Waals surface area contributed by atoms with Crippen molar-refractivity contribution in [1.29, 1.82) is 0 Å². The maximum absolute atomic E-state index is 10.8. The lowest BCUT2D eigenvalue weighted by Crippen LogP contribution is -1.96. The topological polar surface area (TPSA) is 54.9 Å². The average molecular weight is 234 g/mol. The normalized spacial score (nSPS) is 9.81. The number of carbonyl (C=O) groups is 1. The number of aromatic nitrogens is 2. The summed E-state index contributed by atoms with van der Waals surface area (Å²) in [7, 11) is 0. The quantitative estimate of drug-likeness (QED) is 0.828. The molecule has 0 atom stereocenters. The Labute approximate surface area is 97.3 Å². The molecular formula is C11H8ClN3O. The molecule has 4 nitrogen and oxygen atoms in total. The molecule has 0 bridgehead atoms. The van der Waals surface area contributed by atoms with Gasteiger partial charge in [0.25, 0.3) is 5.24 Å². The first kappa shape index (κ1) is 10.6. The van der Waals surface area contributed by atoms with Crippen LogP contribution < -0.4 is 5.32 Å². The lowest BCUT2D eigenvalue weighted by Gasteiger charge is -2.03. The van der Waals surface area contributed by atoms with Gasteiger partial charge in [0.05, 0.1) is 0 Å². The summed E-state index contributed by atoms with van der Waals surface area (Å²) in [4.78, 5) is 18.9. The summed E-state index contributed by atoms with van der Waals surface area (Å²) < 4.78 is 0.